The van der Waals surface area contributed by atoms with Crippen molar-refractivity contribution >= 4 is 21.7 Å². The molecule has 0 aromatic heterocycles. The second-order valence-electron chi connectivity index (χ2n) is 5.77. The van der Waals surface area contributed by atoms with Crippen LogP contribution < -0.4 is 15.8 Å². The molecule has 0 spiro atoms. The summed E-state index contributed by atoms with van der Waals surface area (Å²) >= 11 is 0. The van der Waals surface area contributed by atoms with Gasteiger partial charge in [-0.3, -0.25) is 0 Å². The number of amides is 2. The molecular weight excluding hydrogens is 318 g/mol. The van der Waals surface area contributed by atoms with Crippen molar-refractivity contribution in [2.75, 3.05) is 25.1 Å². The van der Waals surface area contributed by atoms with Gasteiger partial charge in [-0.2, -0.15) is 0 Å². The number of primary sulfonamides is 1. The quantitative estimate of drug-likeness (QED) is 0.755. The van der Waals surface area contributed by atoms with E-state index in [2.05, 4.69) is 10.6 Å². The molecule has 0 saturated carbocycles. The fraction of sp³-hybridized carbons (Fsp3) is 0.533. The largest absolute Gasteiger partial charge is 0.381 e. The first-order valence-corrected chi connectivity index (χ1v) is 9.17. The van der Waals surface area contributed by atoms with Crippen molar-refractivity contribution in [3.63, 3.8) is 0 Å². The molecule has 7 nitrogen and oxygen atoms in total. The zero-order valence-electron chi connectivity index (χ0n) is 13.2. The van der Waals surface area contributed by atoms with Gasteiger partial charge in [0.05, 0.1) is 4.90 Å². The van der Waals surface area contributed by atoms with E-state index in [0.29, 0.717) is 18.2 Å². The summed E-state index contributed by atoms with van der Waals surface area (Å²) in [4.78, 5) is 11.9. The van der Waals surface area contributed by atoms with Gasteiger partial charge in [-0.25, -0.2) is 18.4 Å². The van der Waals surface area contributed by atoms with Crippen LogP contribution in [0.5, 0.6) is 0 Å². The normalized spacial score (nSPS) is 18.4. The Bertz CT molecular complexity index is 655. The van der Waals surface area contributed by atoms with E-state index in [1.807, 2.05) is 0 Å². The lowest BCUT2D eigenvalue weighted by Gasteiger charge is -2.22. The number of urea groups is 1. The molecule has 1 saturated heterocycles. The minimum Gasteiger partial charge on any atom is -0.381 e. The number of carbonyl (C=O) groups is 1. The molecule has 1 aliphatic rings. The summed E-state index contributed by atoms with van der Waals surface area (Å²) in [6.07, 6.45) is 3.05. The van der Waals surface area contributed by atoms with Crippen molar-refractivity contribution in [1.82, 2.24) is 5.32 Å². The SMILES string of the molecule is Cc1ccc(S(N)(=O)=O)cc1NC(=O)NCC[C@H]1CCCOC1. The number of hydrogen-bond acceptors (Lipinski definition) is 4. The van der Waals surface area contributed by atoms with Crippen LogP contribution in [0.2, 0.25) is 0 Å². The Morgan fingerprint density at radius 1 is 1.43 bits per heavy atom. The zero-order valence-corrected chi connectivity index (χ0v) is 14.0. The first kappa shape index (κ1) is 17.7. The highest BCUT2D eigenvalue weighted by Gasteiger charge is 2.14. The van der Waals surface area contributed by atoms with Crippen LogP contribution >= 0.6 is 0 Å². The highest BCUT2D eigenvalue weighted by atomic mass is 32.2. The number of hydrogen-bond donors (Lipinski definition) is 3. The van der Waals surface area contributed by atoms with E-state index in [0.717, 1.165) is 38.0 Å². The molecule has 1 atom stereocenters. The molecule has 1 aromatic carbocycles. The van der Waals surface area contributed by atoms with Crippen molar-refractivity contribution in [3.05, 3.63) is 23.8 Å². The summed E-state index contributed by atoms with van der Waals surface area (Å²) in [6, 6.07) is 4.02. The molecule has 0 unspecified atom stereocenters. The summed E-state index contributed by atoms with van der Waals surface area (Å²) < 4.78 is 28.1. The maximum Gasteiger partial charge on any atom is 0.319 e. The minimum atomic E-state index is -3.79. The lowest BCUT2D eigenvalue weighted by Crippen LogP contribution is -2.32. The third kappa shape index (κ3) is 5.49. The summed E-state index contributed by atoms with van der Waals surface area (Å²) in [5, 5.41) is 10.5. The van der Waals surface area contributed by atoms with E-state index in [-0.39, 0.29) is 10.9 Å². The van der Waals surface area contributed by atoms with Crippen molar-refractivity contribution in [2.24, 2.45) is 11.1 Å². The van der Waals surface area contributed by atoms with Crippen LogP contribution in [0.4, 0.5) is 10.5 Å². The van der Waals surface area contributed by atoms with Gasteiger partial charge in [-0.1, -0.05) is 6.07 Å². The predicted molar refractivity (Wildman–Crippen MR) is 87.7 cm³/mol. The Kier molecular flexibility index (Phi) is 5.97. The van der Waals surface area contributed by atoms with Gasteiger partial charge in [-0.05, 0) is 49.8 Å². The average molecular weight is 341 g/mol. The van der Waals surface area contributed by atoms with E-state index in [9.17, 15) is 13.2 Å². The number of benzene rings is 1. The van der Waals surface area contributed by atoms with Gasteiger partial charge >= 0.3 is 6.03 Å². The molecule has 2 rings (SSSR count). The smallest absolute Gasteiger partial charge is 0.319 e. The fourth-order valence-corrected chi connectivity index (χ4v) is 3.04. The van der Waals surface area contributed by atoms with E-state index in [1.54, 1.807) is 13.0 Å². The average Bonchev–Trinajstić information content (AvgIpc) is 2.49. The third-order valence-electron chi connectivity index (χ3n) is 3.88. The Balaban J connectivity index is 1.87. The Morgan fingerprint density at radius 2 is 2.22 bits per heavy atom. The standard InChI is InChI=1S/C15H23N3O4S/c1-11-4-5-13(23(16,20)21)9-14(11)18-15(19)17-7-6-12-3-2-8-22-10-12/h4-5,9,12H,2-3,6-8,10H2,1H3,(H2,16,20,21)(H2,17,18,19)/t12-/m1/s1. The minimum absolute atomic E-state index is 0.0299. The van der Waals surface area contributed by atoms with E-state index in [1.165, 1.54) is 12.1 Å². The molecule has 0 radical (unpaired) electrons. The predicted octanol–water partition coefficient (Wildman–Crippen LogP) is 1.58. The maximum atomic E-state index is 11.9. The summed E-state index contributed by atoms with van der Waals surface area (Å²) in [6.45, 7) is 3.90. The summed E-state index contributed by atoms with van der Waals surface area (Å²) in [5.74, 6) is 0.483. The van der Waals surface area contributed by atoms with Gasteiger partial charge in [0.15, 0.2) is 0 Å². The number of carbonyl (C=O) groups excluding carboxylic acids is 1. The number of aryl methyl sites for hydroxylation is 1. The first-order valence-electron chi connectivity index (χ1n) is 7.62. The highest BCUT2D eigenvalue weighted by Crippen LogP contribution is 2.19. The lowest BCUT2D eigenvalue weighted by molar-refractivity contribution is 0.0520. The molecule has 2 amide bonds. The number of anilines is 1. The maximum absolute atomic E-state index is 11.9. The van der Waals surface area contributed by atoms with Crippen LogP contribution in [0.1, 0.15) is 24.8 Å². The number of nitrogens with one attached hydrogen (secondary N) is 2. The molecular formula is C15H23N3O4S. The van der Waals surface area contributed by atoms with Gasteiger partial charge in [0, 0.05) is 25.4 Å². The first-order chi connectivity index (χ1) is 10.9. The third-order valence-corrected chi connectivity index (χ3v) is 4.79. The van der Waals surface area contributed by atoms with Gasteiger partial charge in [0.25, 0.3) is 0 Å². The van der Waals surface area contributed by atoms with Crippen molar-refractivity contribution in [1.29, 1.82) is 0 Å². The summed E-state index contributed by atoms with van der Waals surface area (Å²) in [5.41, 5.74) is 1.18. The molecule has 0 aliphatic carbocycles. The molecule has 0 bridgehead atoms. The number of sulfonamides is 1. The van der Waals surface area contributed by atoms with Crippen LogP contribution in [-0.2, 0) is 14.8 Å². The van der Waals surface area contributed by atoms with E-state index in [4.69, 9.17) is 9.88 Å². The molecule has 8 heteroatoms. The monoisotopic (exact) mass is 341 g/mol. The van der Waals surface area contributed by atoms with Crippen LogP contribution in [0, 0.1) is 12.8 Å². The molecule has 128 valence electrons. The summed E-state index contributed by atoms with van der Waals surface area (Å²) in [7, 11) is -3.79. The van der Waals surface area contributed by atoms with Crippen LogP contribution in [0.3, 0.4) is 0 Å². The van der Waals surface area contributed by atoms with Gasteiger partial charge in [-0.15, -0.1) is 0 Å². The Labute approximate surface area is 136 Å². The van der Waals surface area contributed by atoms with Crippen molar-refractivity contribution < 1.29 is 17.9 Å². The van der Waals surface area contributed by atoms with Crippen molar-refractivity contribution in [3.8, 4) is 0 Å². The van der Waals surface area contributed by atoms with Crippen LogP contribution in [-0.4, -0.2) is 34.2 Å². The topological polar surface area (TPSA) is 111 Å². The second kappa shape index (κ2) is 7.76. The molecule has 1 heterocycles. The number of rotatable bonds is 5. The molecule has 1 aliphatic heterocycles. The van der Waals surface area contributed by atoms with Crippen molar-refractivity contribution in [2.45, 2.75) is 31.1 Å². The Morgan fingerprint density at radius 3 is 2.87 bits per heavy atom. The molecule has 23 heavy (non-hydrogen) atoms. The molecule has 1 aromatic rings. The molecule has 1 fully saturated rings. The van der Waals surface area contributed by atoms with Gasteiger partial charge < -0.3 is 15.4 Å². The van der Waals surface area contributed by atoms with Crippen LogP contribution in [0.25, 0.3) is 0 Å². The number of ether oxygens (including phenoxy) is 1. The zero-order chi connectivity index (χ0) is 16.9. The van der Waals surface area contributed by atoms with Gasteiger partial charge in [0.2, 0.25) is 10.0 Å². The fourth-order valence-electron chi connectivity index (χ4n) is 2.50. The number of nitrogens with two attached hydrogens (primary N) is 1. The molecule has 4 N–H and O–H groups in total. The van der Waals surface area contributed by atoms with E-state index >= 15 is 0 Å². The van der Waals surface area contributed by atoms with E-state index < -0.39 is 10.0 Å². The second-order valence-corrected chi connectivity index (χ2v) is 7.34. The van der Waals surface area contributed by atoms with Gasteiger partial charge in [0.1, 0.15) is 0 Å². The van der Waals surface area contributed by atoms with Crippen LogP contribution in [0.15, 0.2) is 23.1 Å². The highest BCUT2D eigenvalue weighted by molar-refractivity contribution is 7.89. The Hall–Kier alpha value is -1.64. The lowest BCUT2D eigenvalue weighted by atomic mass is 9.99.